The molecule has 0 bridgehead atoms. The zero-order chi connectivity index (χ0) is 15.4. The molecule has 2 heterocycles. The van der Waals surface area contributed by atoms with Crippen LogP contribution in [0.4, 0.5) is 0 Å². The van der Waals surface area contributed by atoms with Crippen LogP contribution in [0.3, 0.4) is 0 Å². The first kappa shape index (κ1) is 13.8. The molecule has 4 nitrogen and oxygen atoms in total. The highest BCUT2D eigenvalue weighted by Gasteiger charge is 2.19. The molecule has 0 aliphatic heterocycles. The monoisotopic (exact) mass is 285 g/mol. The van der Waals surface area contributed by atoms with Crippen molar-refractivity contribution in [3.05, 3.63) is 73.1 Å². The molecule has 0 aliphatic rings. The van der Waals surface area contributed by atoms with E-state index in [1.165, 1.54) is 6.20 Å². The molecule has 0 atom stereocenters. The average molecular weight is 285 g/mol. The van der Waals surface area contributed by atoms with Gasteiger partial charge in [-0.25, -0.2) is 0 Å². The summed E-state index contributed by atoms with van der Waals surface area (Å²) in [5, 5.41) is 9.99. The summed E-state index contributed by atoms with van der Waals surface area (Å²) in [4.78, 5) is 8.43. The molecular weight excluding hydrogens is 273 g/mol. The van der Waals surface area contributed by atoms with Crippen LogP contribution in [-0.4, -0.2) is 16.9 Å². The summed E-state index contributed by atoms with van der Waals surface area (Å²) in [5.74, 6) is 2.35. The predicted molar refractivity (Wildman–Crippen MR) is 86.9 cm³/mol. The summed E-state index contributed by atoms with van der Waals surface area (Å²) < 4.78 is 6.03. The van der Waals surface area contributed by atoms with Gasteiger partial charge in [0.05, 0.1) is 5.56 Å². The van der Waals surface area contributed by atoms with E-state index in [-0.39, 0.29) is 0 Å². The van der Waals surface area contributed by atoms with Crippen molar-refractivity contribution in [2.24, 2.45) is 0 Å². The second kappa shape index (κ2) is 6.11. The highest BCUT2D eigenvalue weighted by Crippen LogP contribution is 2.23. The maximum atomic E-state index is 8.98. The Hall–Kier alpha value is -3.13. The van der Waals surface area contributed by atoms with Gasteiger partial charge in [0, 0.05) is 24.0 Å². The summed E-state index contributed by atoms with van der Waals surface area (Å²) in [7, 11) is 0. The second-order valence-corrected chi connectivity index (χ2v) is 4.72. The van der Waals surface area contributed by atoms with Gasteiger partial charge in [0.1, 0.15) is 17.3 Å². The number of benzene rings is 1. The number of hydrogen-bond acceptors (Lipinski definition) is 4. The topological polar surface area (TPSA) is 58.8 Å². The van der Waals surface area contributed by atoms with Gasteiger partial charge in [-0.2, -0.15) is 5.26 Å². The Morgan fingerprint density at radius 2 is 2.09 bits per heavy atom. The van der Waals surface area contributed by atoms with Crippen molar-refractivity contribution in [1.82, 2.24) is 9.97 Å². The molecule has 0 spiro atoms. The number of pyridine rings is 2. The maximum Gasteiger partial charge on any atom is 0.420 e. The smallest absolute Gasteiger partial charge is 0.420 e. The summed E-state index contributed by atoms with van der Waals surface area (Å²) in [6.45, 7) is 3.42. The lowest BCUT2D eigenvalue weighted by atomic mass is 9.61. The molecule has 0 N–H and O–H groups in total. The maximum absolute atomic E-state index is 8.98. The van der Waals surface area contributed by atoms with E-state index in [0.29, 0.717) is 11.3 Å². The Labute approximate surface area is 128 Å². The van der Waals surface area contributed by atoms with Crippen molar-refractivity contribution in [2.45, 2.75) is 0 Å². The van der Waals surface area contributed by atoms with E-state index in [1.807, 2.05) is 30.3 Å². The molecular formula is C17H12BN3O. The molecule has 0 aliphatic carbocycles. The van der Waals surface area contributed by atoms with Crippen molar-refractivity contribution in [1.29, 1.82) is 5.26 Å². The zero-order valence-corrected chi connectivity index (χ0v) is 11.8. The highest BCUT2D eigenvalue weighted by molar-refractivity contribution is 6.72. The van der Waals surface area contributed by atoms with Gasteiger partial charge in [-0.15, -0.1) is 6.58 Å². The third kappa shape index (κ3) is 2.67. The number of nitriles is 1. The van der Waals surface area contributed by atoms with Crippen LogP contribution in [0.1, 0.15) is 5.56 Å². The first-order valence-corrected chi connectivity index (χ1v) is 6.80. The highest BCUT2D eigenvalue weighted by atomic mass is 16.4. The Kier molecular flexibility index (Phi) is 3.84. The SMILES string of the molecule is C=CB(Oc1cccc2cccnc12)c1cncc(C#N)c1. The second-order valence-electron chi connectivity index (χ2n) is 4.72. The molecule has 5 heteroatoms. The molecule has 104 valence electrons. The van der Waals surface area contributed by atoms with Crippen LogP contribution in [0.2, 0.25) is 0 Å². The van der Waals surface area contributed by atoms with Crippen LogP contribution in [0, 0.1) is 11.3 Å². The van der Waals surface area contributed by atoms with Crippen LogP contribution in [0.25, 0.3) is 10.9 Å². The lowest BCUT2D eigenvalue weighted by molar-refractivity contribution is 0.596. The summed E-state index contributed by atoms with van der Waals surface area (Å²) >= 11 is 0. The third-order valence-electron chi connectivity index (χ3n) is 3.28. The van der Waals surface area contributed by atoms with Crippen molar-refractivity contribution in [2.75, 3.05) is 0 Å². The van der Waals surface area contributed by atoms with Crippen LogP contribution >= 0.6 is 0 Å². The van der Waals surface area contributed by atoms with Crippen LogP contribution in [-0.2, 0) is 0 Å². The molecule has 0 saturated carbocycles. The quantitative estimate of drug-likeness (QED) is 0.691. The van der Waals surface area contributed by atoms with E-state index in [4.69, 9.17) is 9.92 Å². The first-order chi connectivity index (χ1) is 10.8. The zero-order valence-electron chi connectivity index (χ0n) is 11.8. The fourth-order valence-electron chi connectivity index (χ4n) is 2.23. The van der Waals surface area contributed by atoms with Crippen molar-refractivity contribution < 1.29 is 4.65 Å². The van der Waals surface area contributed by atoms with Gasteiger partial charge in [0.15, 0.2) is 0 Å². The predicted octanol–water partition coefficient (Wildman–Crippen LogP) is 2.50. The van der Waals surface area contributed by atoms with Crippen LogP contribution in [0.5, 0.6) is 5.75 Å². The van der Waals surface area contributed by atoms with Gasteiger partial charge in [-0.05, 0) is 23.7 Å². The van der Waals surface area contributed by atoms with Crippen LogP contribution < -0.4 is 10.1 Å². The summed E-state index contributed by atoms with van der Waals surface area (Å²) in [6, 6.07) is 13.5. The van der Waals surface area contributed by atoms with E-state index in [1.54, 1.807) is 24.4 Å². The van der Waals surface area contributed by atoms with E-state index in [2.05, 4.69) is 22.6 Å². The van der Waals surface area contributed by atoms with E-state index in [9.17, 15) is 0 Å². The molecule has 0 amide bonds. The molecule has 22 heavy (non-hydrogen) atoms. The Balaban J connectivity index is 1.98. The van der Waals surface area contributed by atoms with Gasteiger partial charge >= 0.3 is 6.92 Å². The molecule has 0 radical (unpaired) electrons. The molecule has 3 rings (SSSR count). The Morgan fingerprint density at radius 3 is 2.91 bits per heavy atom. The van der Waals surface area contributed by atoms with Gasteiger partial charge in [0.25, 0.3) is 0 Å². The normalized spacial score (nSPS) is 9.95. The number of rotatable bonds is 4. The molecule has 0 fully saturated rings. The van der Waals surface area contributed by atoms with Gasteiger partial charge in [-0.3, -0.25) is 9.97 Å². The minimum Gasteiger partial charge on any atom is -0.550 e. The van der Waals surface area contributed by atoms with E-state index >= 15 is 0 Å². The lowest BCUT2D eigenvalue weighted by Gasteiger charge is -2.14. The number of para-hydroxylation sites is 1. The minimum absolute atomic E-state index is 0.395. The molecule has 0 saturated heterocycles. The number of nitrogens with zero attached hydrogens (tertiary/aromatic N) is 3. The summed E-state index contributed by atoms with van der Waals surface area (Å²) in [6.07, 6.45) is 4.92. The van der Waals surface area contributed by atoms with Crippen molar-refractivity contribution >= 4 is 23.3 Å². The van der Waals surface area contributed by atoms with Gasteiger partial charge < -0.3 is 4.65 Å². The molecule has 1 aromatic carbocycles. The number of fused-ring (bicyclic) bond motifs is 1. The summed E-state index contributed by atoms with van der Waals surface area (Å²) in [5.41, 5.74) is 2.06. The number of aromatic nitrogens is 2. The minimum atomic E-state index is -0.395. The third-order valence-corrected chi connectivity index (χ3v) is 3.28. The van der Waals surface area contributed by atoms with Crippen LogP contribution in [0.15, 0.2) is 67.5 Å². The standard InChI is InChI=1S/C17H12BN3O/c1-2-18(15-9-13(10-19)11-20-12-15)22-16-7-3-5-14-6-4-8-21-17(14)16/h2-9,11-12H,1H2. The first-order valence-electron chi connectivity index (χ1n) is 6.80. The number of hydrogen-bond donors (Lipinski definition) is 0. The van der Waals surface area contributed by atoms with Gasteiger partial charge in [0.2, 0.25) is 0 Å². The van der Waals surface area contributed by atoms with Crippen molar-refractivity contribution in [3.63, 3.8) is 0 Å². The average Bonchev–Trinajstić information content (AvgIpc) is 2.59. The molecule has 2 aromatic heterocycles. The Bertz CT molecular complexity index is 868. The Morgan fingerprint density at radius 1 is 1.23 bits per heavy atom. The van der Waals surface area contributed by atoms with Gasteiger partial charge in [-0.1, -0.05) is 24.2 Å². The molecule has 0 unspecified atom stereocenters. The lowest BCUT2D eigenvalue weighted by Crippen LogP contribution is -2.35. The van der Waals surface area contributed by atoms with E-state index < -0.39 is 6.92 Å². The molecule has 3 aromatic rings. The fourth-order valence-corrected chi connectivity index (χ4v) is 2.23. The van der Waals surface area contributed by atoms with Crippen molar-refractivity contribution in [3.8, 4) is 11.8 Å². The van der Waals surface area contributed by atoms with E-state index in [0.717, 1.165) is 16.4 Å². The fraction of sp³-hybridized carbons (Fsp3) is 0. The largest absolute Gasteiger partial charge is 0.550 e.